The molecule has 0 radical (unpaired) electrons. The maximum atomic E-state index is 6.69. The lowest BCUT2D eigenvalue weighted by atomic mass is 9.99. The van der Waals surface area contributed by atoms with Crippen LogP contribution < -0.4 is 10.5 Å². The minimum absolute atomic E-state index is 0.720. The van der Waals surface area contributed by atoms with Gasteiger partial charge in [0, 0.05) is 27.9 Å². The fourth-order valence-corrected chi connectivity index (χ4v) is 7.98. The number of H-pyrrole nitrogens is 1. The summed E-state index contributed by atoms with van der Waals surface area (Å²) in [5.74, 6) is 0. The predicted molar refractivity (Wildman–Crippen MR) is 225 cm³/mol. The van der Waals surface area contributed by atoms with Gasteiger partial charge in [0.1, 0.15) is 16.7 Å². The van der Waals surface area contributed by atoms with Crippen molar-refractivity contribution in [1.82, 2.24) is 9.55 Å². The van der Waals surface area contributed by atoms with Gasteiger partial charge in [-0.05, 0) is 95.6 Å². The van der Waals surface area contributed by atoms with Gasteiger partial charge in [0.15, 0.2) is 5.58 Å². The topological polar surface area (TPSA) is 62.6 Å². The van der Waals surface area contributed by atoms with E-state index in [0.29, 0.717) is 0 Å². The van der Waals surface area contributed by atoms with Crippen LogP contribution in [0.3, 0.4) is 0 Å². The van der Waals surface area contributed by atoms with Gasteiger partial charge in [0.25, 0.3) is 0 Å². The molecule has 7 aromatic carbocycles. The van der Waals surface area contributed by atoms with Crippen LogP contribution in [0.15, 0.2) is 196 Å². The van der Waals surface area contributed by atoms with E-state index in [1.165, 1.54) is 0 Å². The highest BCUT2D eigenvalue weighted by atomic mass is 16.3. The van der Waals surface area contributed by atoms with Crippen LogP contribution >= 0.6 is 0 Å². The molecule has 10 aromatic rings. The van der Waals surface area contributed by atoms with Crippen molar-refractivity contribution in [3.8, 4) is 16.8 Å². The van der Waals surface area contributed by atoms with Crippen molar-refractivity contribution in [2.45, 2.75) is 0 Å². The van der Waals surface area contributed by atoms with Crippen LogP contribution in [0, 0.1) is 0 Å². The Kier molecular flexibility index (Phi) is 6.91. The molecule has 4 heterocycles. The number of furan rings is 2. The molecule has 0 spiro atoms. The van der Waals surface area contributed by atoms with Gasteiger partial charge in [0.2, 0.25) is 5.62 Å². The number of aromatic amines is 1. The molecule has 0 atom stereocenters. The molecule has 1 N–H and O–H groups in total. The van der Waals surface area contributed by atoms with Gasteiger partial charge in [-0.2, -0.15) is 0 Å². The van der Waals surface area contributed by atoms with E-state index in [1.54, 1.807) is 0 Å². The van der Waals surface area contributed by atoms with E-state index in [9.17, 15) is 0 Å². The Labute approximate surface area is 315 Å². The average Bonchev–Trinajstić information content (AvgIpc) is 3.91. The summed E-state index contributed by atoms with van der Waals surface area (Å²) in [6.07, 6.45) is 8.25. The zero-order valence-electron chi connectivity index (χ0n) is 29.6. The molecule has 11 rings (SSSR count). The molecule has 6 heteroatoms. The fraction of sp³-hybridized carbons (Fsp3) is 0. The molecule has 0 fully saturated rings. The second-order valence-corrected chi connectivity index (χ2v) is 13.8. The Bertz CT molecular complexity index is 3300. The van der Waals surface area contributed by atoms with E-state index < -0.39 is 0 Å². The largest absolute Gasteiger partial charge is 0.456 e. The summed E-state index contributed by atoms with van der Waals surface area (Å²) in [7, 11) is 0. The van der Waals surface area contributed by atoms with Crippen molar-refractivity contribution >= 4 is 77.5 Å². The molecule has 0 saturated heterocycles. The lowest BCUT2D eigenvalue weighted by Gasteiger charge is -2.25. The molecule has 0 unspecified atom stereocenters. The number of para-hydroxylation sites is 5. The molecule has 3 aromatic heterocycles. The first-order valence-corrected chi connectivity index (χ1v) is 18.3. The SMILES string of the molecule is C=C1/C=C\C=C/N(c2cccc3oc4ccc(-c5ccc6oc7c(-n8c(=Nc9ccccc9)[nH]c9ccccc98)cccc7c6c5)cc4c23)c2ccccc21. The number of nitrogens with zero attached hydrogens (tertiary/aromatic N) is 3. The van der Waals surface area contributed by atoms with E-state index in [2.05, 4.69) is 136 Å². The molecular weight excluding hydrogens is 677 g/mol. The summed E-state index contributed by atoms with van der Waals surface area (Å²) in [6.45, 7) is 4.34. The van der Waals surface area contributed by atoms with E-state index in [0.717, 1.165) is 106 Å². The van der Waals surface area contributed by atoms with E-state index in [4.69, 9.17) is 13.8 Å². The second kappa shape index (κ2) is 12.3. The molecule has 0 aliphatic carbocycles. The number of benzene rings is 7. The Morgan fingerprint density at radius 3 is 2.18 bits per heavy atom. The number of anilines is 2. The first kappa shape index (κ1) is 31.0. The third-order valence-corrected chi connectivity index (χ3v) is 10.5. The predicted octanol–water partition coefficient (Wildman–Crippen LogP) is 12.9. The number of hydrogen-bond donors (Lipinski definition) is 1. The number of allylic oxidation sites excluding steroid dienone is 4. The molecule has 0 bridgehead atoms. The Hall–Kier alpha value is -7.57. The zero-order valence-corrected chi connectivity index (χ0v) is 29.6. The van der Waals surface area contributed by atoms with Crippen LogP contribution in [0.1, 0.15) is 5.56 Å². The van der Waals surface area contributed by atoms with Gasteiger partial charge < -0.3 is 18.7 Å². The van der Waals surface area contributed by atoms with Crippen molar-refractivity contribution in [1.29, 1.82) is 0 Å². The van der Waals surface area contributed by atoms with Crippen LogP contribution in [0.25, 0.3) is 77.3 Å². The highest BCUT2D eigenvalue weighted by Crippen LogP contribution is 2.43. The minimum atomic E-state index is 0.720. The first-order valence-electron chi connectivity index (χ1n) is 18.3. The second-order valence-electron chi connectivity index (χ2n) is 13.8. The number of aromatic nitrogens is 2. The zero-order chi connectivity index (χ0) is 36.5. The van der Waals surface area contributed by atoms with E-state index in [-0.39, 0.29) is 0 Å². The van der Waals surface area contributed by atoms with Crippen LogP contribution in [-0.4, -0.2) is 9.55 Å². The summed E-state index contributed by atoms with van der Waals surface area (Å²) in [4.78, 5) is 10.8. The van der Waals surface area contributed by atoms with Gasteiger partial charge in [-0.15, -0.1) is 0 Å². The van der Waals surface area contributed by atoms with Gasteiger partial charge in [-0.25, -0.2) is 4.99 Å². The Morgan fingerprint density at radius 2 is 1.29 bits per heavy atom. The van der Waals surface area contributed by atoms with Crippen molar-refractivity contribution in [3.63, 3.8) is 0 Å². The molecule has 260 valence electrons. The molecule has 0 saturated carbocycles. The number of hydrogen-bond acceptors (Lipinski definition) is 4. The lowest BCUT2D eigenvalue weighted by molar-refractivity contribution is 0.664. The minimum Gasteiger partial charge on any atom is -0.456 e. The standard InChI is InChI=1S/C49H32N4O2/c1-31-13-9-10-28-52(40-19-7-5-16-35(31)40)42-21-12-23-46-47(42)38-30-33(25-27-45(38)54-46)32-24-26-44-37(29-32)36-17-11-22-43(48(36)55-44)53-41-20-8-6-18-39(41)51-49(53)50-34-14-3-2-4-15-34/h2-30H,1H2,(H,50,51)/b13-9-,28-10-. The first-order chi connectivity index (χ1) is 27.2. The smallest absolute Gasteiger partial charge is 0.213 e. The summed E-state index contributed by atoms with van der Waals surface area (Å²) >= 11 is 0. The molecule has 55 heavy (non-hydrogen) atoms. The lowest BCUT2D eigenvalue weighted by Crippen LogP contribution is -2.16. The van der Waals surface area contributed by atoms with Crippen molar-refractivity contribution < 1.29 is 8.83 Å². The van der Waals surface area contributed by atoms with E-state index in [1.807, 2.05) is 60.7 Å². The molecule has 6 nitrogen and oxygen atoms in total. The normalized spacial score (nSPS) is 14.6. The maximum Gasteiger partial charge on any atom is 0.213 e. The van der Waals surface area contributed by atoms with Crippen LogP contribution in [-0.2, 0) is 0 Å². The molecule has 0 amide bonds. The fourth-order valence-electron chi connectivity index (χ4n) is 7.98. The van der Waals surface area contributed by atoms with Crippen LogP contribution in [0.4, 0.5) is 17.1 Å². The van der Waals surface area contributed by atoms with Crippen molar-refractivity contribution in [2.75, 3.05) is 4.90 Å². The molecule has 1 aliphatic rings. The quantitative estimate of drug-likeness (QED) is 0.198. The average molecular weight is 709 g/mol. The summed E-state index contributed by atoms with van der Waals surface area (Å²) < 4.78 is 15.3. The maximum absolute atomic E-state index is 6.69. The van der Waals surface area contributed by atoms with Crippen LogP contribution in [0.2, 0.25) is 0 Å². The molecule has 1 aliphatic heterocycles. The third-order valence-electron chi connectivity index (χ3n) is 10.5. The number of fused-ring (bicyclic) bond motifs is 8. The van der Waals surface area contributed by atoms with Crippen LogP contribution in [0.5, 0.6) is 0 Å². The van der Waals surface area contributed by atoms with Gasteiger partial charge in [-0.1, -0.05) is 97.6 Å². The summed E-state index contributed by atoms with van der Waals surface area (Å²) in [5.41, 5.74) is 14.1. The monoisotopic (exact) mass is 708 g/mol. The molecular formula is C49H32N4O2. The Morgan fingerprint density at radius 1 is 0.564 bits per heavy atom. The number of imidazole rings is 1. The van der Waals surface area contributed by atoms with Crippen molar-refractivity contribution in [3.05, 3.63) is 194 Å². The summed E-state index contributed by atoms with van der Waals surface area (Å²) in [5, 5.41) is 4.19. The Balaban J connectivity index is 1.07. The van der Waals surface area contributed by atoms with Crippen molar-refractivity contribution in [2.24, 2.45) is 4.99 Å². The highest BCUT2D eigenvalue weighted by molar-refractivity contribution is 6.14. The summed E-state index contributed by atoms with van der Waals surface area (Å²) in [6, 6.07) is 52.1. The number of rotatable bonds is 4. The van der Waals surface area contributed by atoms with Gasteiger partial charge in [-0.3, -0.25) is 4.57 Å². The highest BCUT2D eigenvalue weighted by Gasteiger charge is 2.21. The third kappa shape index (κ3) is 5.00. The van der Waals surface area contributed by atoms with Gasteiger partial charge >= 0.3 is 0 Å². The number of nitrogens with one attached hydrogen (secondary N) is 1. The van der Waals surface area contributed by atoms with Gasteiger partial charge in [0.05, 0.1) is 39.2 Å². The van der Waals surface area contributed by atoms with E-state index >= 15 is 0 Å².